The number of aliphatic hydroxyl groups is 1. The van der Waals surface area contributed by atoms with Crippen LogP contribution in [0, 0.1) is 5.92 Å². The van der Waals surface area contributed by atoms with Gasteiger partial charge in [0.05, 0.1) is 6.54 Å². The Hall–Kier alpha value is -1.55. The molecule has 0 aromatic heterocycles. The fourth-order valence-corrected chi connectivity index (χ4v) is 3.29. The van der Waals surface area contributed by atoms with Gasteiger partial charge in [-0.3, -0.25) is 4.99 Å². The number of nitrogens with one attached hydrogen (secondary N) is 2. The number of benzene rings is 1. The fraction of sp³-hybridized carbons (Fsp3) is 0.632. The molecule has 1 aromatic rings. The highest BCUT2D eigenvalue weighted by Crippen LogP contribution is 2.41. The van der Waals surface area contributed by atoms with E-state index in [0.717, 1.165) is 25.6 Å². The van der Waals surface area contributed by atoms with Crippen LogP contribution < -0.4 is 10.6 Å². The van der Waals surface area contributed by atoms with E-state index < -0.39 is 0 Å². The number of hydrogen-bond donors (Lipinski definition) is 3. The third-order valence-corrected chi connectivity index (χ3v) is 4.76. The maximum Gasteiger partial charge on any atom is 0.191 e. The summed E-state index contributed by atoms with van der Waals surface area (Å²) in [5, 5.41) is 15.8. The zero-order valence-corrected chi connectivity index (χ0v) is 14.5. The highest BCUT2D eigenvalue weighted by molar-refractivity contribution is 5.79. The van der Waals surface area contributed by atoms with E-state index in [0.29, 0.717) is 0 Å². The summed E-state index contributed by atoms with van der Waals surface area (Å²) in [6.07, 6.45) is 5.01. The molecule has 0 saturated heterocycles. The second-order valence-corrected chi connectivity index (χ2v) is 6.72. The number of nitrogens with zero attached hydrogens (tertiary/aromatic N) is 1. The molecular formula is C19H31N3O. The van der Waals surface area contributed by atoms with Gasteiger partial charge in [0, 0.05) is 25.1 Å². The van der Waals surface area contributed by atoms with Gasteiger partial charge in [-0.05, 0) is 31.2 Å². The summed E-state index contributed by atoms with van der Waals surface area (Å²) < 4.78 is 0. The summed E-state index contributed by atoms with van der Waals surface area (Å²) in [5.41, 5.74) is 1.60. The van der Waals surface area contributed by atoms with Gasteiger partial charge in [-0.2, -0.15) is 0 Å². The number of rotatable bonds is 7. The number of hydrogen-bond acceptors (Lipinski definition) is 2. The molecule has 0 bridgehead atoms. The van der Waals surface area contributed by atoms with E-state index in [4.69, 9.17) is 10.1 Å². The quantitative estimate of drug-likeness (QED) is 0.535. The molecule has 0 aliphatic heterocycles. The maximum atomic E-state index is 9.17. The Morgan fingerprint density at radius 1 is 1.22 bits per heavy atom. The zero-order valence-electron chi connectivity index (χ0n) is 14.5. The van der Waals surface area contributed by atoms with Crippen molar-refractivity contribution >= 4 is 5.96 Å². The third-order valence-electron chi connectivity index (χ3n) is 4.76. The van der Waals surface area contributed by atoms with Gasteiger partial charge in [0.1, 0.15) is 0 Å². The van der Waals surface area contributed by atoms with Crippen molar-refractivity contribution in [3.05, 3.63) is 35.9 Å². The van der Waals surface area contributed by atoms with Crippen LogP contribution in [0.25, 0.3) is 0 Å². The van der Waals surface area contributed by atoms with Crippen molar-refractivity contribution in [1.82, 2.24) is 10.6 Å². The van der Waals surface area contributed by atoms with Crippen LogP contribution in [0.2, 0.25) is 0 Å². The van der Waals surface area contributed by atoms with E-state index in [1.807, 2.05) is 6.92 Å². The van der Waals surface area contributed by atoms with Crippen molar-refractivity contribution < 1.29 is 5.11 Å². The lowest BCUT2D eigenvalue weighted by Crippen LogP contribution is -2.41. The van der Waals surface area contributed by atoms with Crippen molar-refractivity contribution in [1.29, 1.82) is 0 Å². The Morgan fingerprint density at radius 2 is 1.91 bits per heavy atom. The van der Waals surface area contributed by atoms with Crippen LogP contribution in [-0.2, 0) is 5.41 Å². The lowest BCUT2D eigenvalue weighted by Gasteiger charge is -2.28. The van der Waals surface area contributed by atoms with Crippen molar-refractivity contribution in [3.8, 4) is 0 Å². The summed E-state index contributed by atoms with van der Waals surface area (Å²) >= 11 is 0. The summed E-state index contributed by atoms with van der Waals surface area (Å²) in [7, 11) is 0. The van der Waals surface area contributed by atoms with Crippen LogP contribution in [0.4, 0.5) is 0 Å². The Kier molecular flexibility index (Phi) is 6.90. The molecule has 1 unspecified atom stereocenters. The molecule has 2 rings (SSSR count). The van der Waals surface area contributed by atoms with Gasteiger partial charge in [0.15, 0.2) is 5.96 Å². The largest absolute Gasteiger partial charge is 0.396 e. The van der Waals surface area contributed by atoms with Crippen LogP contribution in [0.15, 0.2) is 35.3 Å². The van der Waals surface area contributed by atoms with Crippen molar-refractivity contribution in [2.24, 2.45) is 10.9 Å². The maximum absolute atomic E-state index is 9.17. The van der Waals surface area contributed by atoms with E-state index in [9.17, 15) is 0 Å². The molecule has 0 radical (unpaired) electrons. The molecule has 4 nitrogen and oxygen atoms in total. The molecule has 1 atom stereocenters. The smallest absolute Gasteiger partial charge is 0.191 e. The summed E-state index contributed by atoms with van der Waals surface area (Å²) in [6.45, 7) is 6.70. The first kappa shape index (κ1) is 17.8. The van der Waals surface area contributed by atoms with E-state index in [2.05, 4.69) is 47.9 Å². The molecule has 128 valence electrons. The first-order chi connectivity index (χ1) is 11.2. The van der Waals surface area contributed by atoms with Crippen LogP contribution >= 0.6 is 0 Å². The number of aliphatic hydroxyl groups excluding tert-OH is 1. The lowest BCUT2D eigenvalue weighted by atomic mass is 9.79. The van der Waals surface area contributed by atoms with Crippen molar-refractivity contribution in [2.45, 2.75) is 44.9 Å². The van der Waals surface area contributed by atoms with Gasteiger partial charge >= 0.3 is 0 Å². The van der Waals surface area contributed by atoms with E-state index in [-0.39, 0.29) is 17.9 Å². The van der Waals surface area contributed by atoms with Gasteiger partial charge in [-0.25, -0.2) is 0 Å². The SMILES string of the molecule is CCNC(=NCC1(c2ccccc2)CCCC1)NCC(C)CO. The number of guanidine groups is 1. The minimum Gasteiger partial charge on any atom is -0.396 e. The average molecular weight is 317 g/mol. The fourth-order valence-electron chi connectivity index (χ4n) is 3.29. The van der Waals surface area contributed by atoms with Gasteiger partial charge < -0.3 is 15.7 Å². The molecule has 1 saturated carbocycles. The molecule has 3 N–H and O–H groups in total. The number of aliphatic imine (C=N–C) groups is 1. The van der Waals surface area contributed by atoms with Gasteiger partial charge in [0.2, 0.25) is 0 Å². The molecule has 0 spiro atoms. The first-order valence-electron chi connectivity index (χ1n) is 8.89. The Morgan fingerprint density at radius 3 is 2.52 bits per heavy atom. The topological polar surface area (TPSA) is 56.7 Å². The molecule has 1 fully saturated rings. The van der Waals surface area contributed by atoms with Crippen molar-refractivity contribution in [2.75, 3.05) is 26.2 Å². The molecule has 1 aromatic carbocycles. The molecule has 23 heavy (non-hydrogen) atoms. The van der Waals surface area contributed by atoms with Gasteiger partial charge in [0.25, 0.3) is 0 Å². The standard InChI is InChI=1S/C19H31N3O/c1-3-20-18(21-13-16(2)14-23)22-15-19(11-7-8-12-19)17-9-5-4-6-10-17/h4-6,9-10,16,23H,3,7-8,11-15H2,1-2H3,(H2,20,21,22). The molecule has 1 aliphatic rings. The lowest BCUT2D eigenvalue weighted by molar-refractivity contribution is 0.238. The molecule has 4 heteroatoms. The second-order valence-electron chi connectivity index (χ2n) is 6.72. The molecule has 0 heterocycles. The summed E-state index contributed by atoms with van der Waals surface area (Å²) in [4.78, 5) is 4.86. The third kappa shape index (κ3) is 4.96. The first-order valence-corrected chi connectivity index (χ1v) is 8.89. The van der Waals surface area contributed by atoms with E-state index >= 15 is 0 Å². The van der Waals surface area contributed by atoms with Gasteiger partial charge in [-0.1, -0.05) is 50.1 Å². The highest BCUT2D eigenvalue weighted by Gasteiger charge is 2.35. The van der Waals surface area contributed by atoms with Crippen LogP contribution in [0.1, 0.15) is 45.1 Å². The van der Waals surface area contributed by atoms with E-state index in [1.165, 1.54) is 31.2 Å². The normalized spacial score (nSPS) is 18.7. The molecule has 0 amide bonds. The predicted molar refractivity (Wildman–Crippen MR) is 96.8 cm³/mol. The average Bonchev–Trinajstić information content (AvgIpc) is 3.08. The second kappa shape index (κ2) is 8.92. The Bertz CT molecular complexity index is 481. The minimum absolute atomic E-state index is 0.187. The van der Waals surface area contributed by atoms with Crippen LogP contribution in [0.5, 0.6) is 0 Å². The van der Waals surface area contributed by atoms with Crippen LogP contribution in [0.3, 0.4) is 0 Å². The predicted octanol–water partition coefficient (Wildman–Crippen LogP) is 2.68. The van der Waals surface area contributed by atoms with Gasteiger partial charge in [-0.15, -0.1) is 0 Å². The molecule has 1 aliphatic carbocycles. The highest BCUT2D eigenvalue weighted by atomic mass is 16.3. The molecular weight excluding hydrogens is 286 g/mol. The summed E-state index contributed by atoms with van der Waals surface area (Å²) in [6, 6.07) is 10.8. The zero-order chi connectivity index (χ0) is 16.5. The Balaban J connectivity index is 2.08. The Labute approximate surface area is 140 Å². The van der Waals surface area contributed by atoms with Crippen molar-refractivity contribution in [3.63, 3.8) is 0 Å². The minimum atomic E-state index is 0.187. The van der Waals surface area contributed by atoms with E-state index in [1.54, 1.807) is 0 Å². The monoisotopic (exact) mass is 317 g/mol. The summed E-state index contributed by atoms with van der Waals surface area (Å²) in [5.74, 6) is 1.09. The van der Waals surface area contributed by atoms with Crippen LogP contribution in [-0.4, -0.2) is 37.3 Å².